The maximum Gasteiger partial charge on any atom is 0.309 e. The summed E-state index contributed by atoms with van der Waals surface area (Å²) in [6.45, 7) is 2.86. The molecule has 1 spiro atoms. The molecule has 0 aromatic heterocycles. The first-order valence-corrected chi connectivity index (χ1v) is 9.67. The number of para-hydroxylation sites is 1. The summed E-state index contributed by atoms with van der Waals surface area (Å²) in [5.74, 6) is -1.86. The van der Waals surface area contributed by atoms with Crippen molar-refractivity contribution in [1.29, 1.82) is 0 Å². The predicted molar refractivity (Wildman–Crippen MR) is 99.6 cm³/mol. The van der Waals surface area contributed by atoms with E-state index in [0.29, 0.717) is 31.5 Å². The molecule has 1 aromatic rings. The van der Waals surface area contributed by atoms with E-state index >= 15 is 0 Å². The number of rotatable bonds is 3. The molecule has 2 N–H and O–H groups in total. The molecule has 2 amide bonds. The lowest BCUT2D eigenvalue weighted by Gasteiger charge is -2.41. The molecule has 0 saturated carbocycles. The van der Waals surface area contributed by atoms with Crippen molar-refractivity contribution in [2.45, 2.75) is 37.6 Å². The second-order valence-corrected chi connectivity index (χ2v) is 7.80. The van der Waals surface area contributed by atoms with Crippen LogP contribution >= 0.6 is 0 Å². The minimum Gasteiger partial charge on any atom is -0.481 e. The number of aliphatic carboxylic acids is 1. The fourth-order valence-electron chi connectivity index (χ4n) is 4.76. The Hall–Kier alpha value is -2.57. The Kier molecular flexibility index (Phi) is 4.53. The molecular weight excluding hydrogens is 346 g/mol. The van der Waals surface area contributed by atoms with Gasteiger partial charge in [0.1, 0.15) is 0 Å². The summed E-state index contributed by atoms with van der Waals surface area (Å²) < 4.78 is 0. The molecule has 1 unspecified atom stereocenters. The van der Waals surface area contributed by atoms with Crippen molar-refractivity contribution in [2.24, 2.45) is 5.92 Å². The van der Waals surface area contributed by atoms with Crippen molar-refractivity contribution < 1.29 is 19.5 Å². The van der Waals surface area contributed by atoms with Crippen LogP contribution in [0.2, 0.25) is 0 Å². The van der Waals surface area contributed by atoms with Gasteiger partial charge in [-0.3, -0.25) is 14.4 Å². The van der Waals surface area contributed by atoms with Crippen LogP contribution in [0.3, 0.4) is 0 Å². The highest BCUT2D eigenvalue weighted by atomic mass is 16.4. The lowest BCUT2D eigenvalue weighted by atomic mass is 9.77. The Bertz CT molecular complexity index is 764. The standard InChI is InChI=1S/C20H25N3O4/c24-17-13-15(19(26)27)20(21-17)7-11-23(12-8-20)18(25)14-5-1-2-6-16(14)22-9-3-4-10-22/h1-2,5-6,15H,3-4,7-13H2,(H,21,24)(H,26,27). The number of amides is 2. The van der Waals surface area contributed by atoms with Crippen molar-refractivity contribution in [3.8, 4) is 0 Å². The van der Waals surface area contributed by atoms with Crippen LogP contribution in [0.15, 0.2) is 24.3 Å². The van der Waals surface area contributed by atoms with Gasteiger partial charge in [-0.2, -0.15) is 0 Å². The third kappa shape index (κ3) is 3.15. The van der Waals surface area contributed by atoms with Gasteiger partial charge in [0.05, 0.1) is 17.0 Å². The maximum absolute atomic E-state index is 13.2. The third-order valence-electron chi connectivity index (χ3n) is 6.27. The highest BCUT2D eigenvalue weighted by Crippen LogP contribution is 2.37. The summed E-state index contributed by atoms with van der Waals surface area (Å²) in [5, 5.41) is 12.4. The number of piperidine rings is 1. The summed E-state index contributed by atoms with van der Waals surface area (Å²) in [6.07, 6.45) is 3.28. The lowest BCUT2D eigenvalue weighted by Crippen LogP contribution is -2.56. The second-order valence-electron chi connectivity index (χ2n) is 7.80. The number of hydrogen-bond acceptors (Lipinski definition) is 4. The Morgan fingerprint density at radius 2 is 1.74 bits per heavy atom. The van der Waals surface area contributed by atoms with E-state index in [0.717, 1.165) is 31.6 Å². The molecule has 3 fully saturated rings. The highest BCUT2D eigenvalue weighted by Gasteiger charge is 2.52. The van der Waals surface area contributed by atoms with Crippen molar-refractivity contribution >= 4 is 23.5 Å². The zero-order valence-corrected chi connectivity index (χ0v) is 15.3. The smallest absolute Gasteiger partial charge is 0.309 e. The Morgan fingerprint density at radius 3 is 2.41 bits per heavy atom. The SMILES string of the molecule is O=C1CC(C(=O)O)C2(CCN(C(=O)c3ccccc3N3CCCC3)CC2)N1. The van der Waals surface area contributed by atoms with Crippen LogP contribution < -0.4 is 10.2 Å². The van der Waals surface area contributed by atoms with Crippen LogP contribution in [0.4, 0.5) is 5.69 Å². The van der Waals surface area contributed by atoms with Crippen molar-refractivity contribution in [2.75, 3.05) is 31.1 Å². The molecule has 27 heavy (non-hydrogen) atoms. The summed E-state index contributed by atoms with van der Waals surface area (Å²) in [5.41, 5.74) is 0.979. The van der Waals surface area contributed by atoms with Crippen LogP contribution in [-0.4, -0.2) is 59.5 Å². The number of nitrogens with one attached hydrogen (secondary N) is 1. The van der Waals surface area contributed by atoms with E-state index in [1.165, 1.54) is 0 Å². The van der Waals surface area contributed by atoms with Gasteiger partial charge in [0.15, 0.2) is 0 Å². The molecule has 7 nitrogen and oxygen atoms in total. The van der Waals surface area contributed by atoms with E-state index < -0.39 is 17.4 Å². The summed E-state index contributed by atoms with van der Waals surface area (Å²) in [6, 6.07) is 7.72. The number of anilines is 1. The first kappa shape index (κ1) is 17.8. The Morgan fingerprint density at radius 1 is 1.07 bits per heavy atom. The van der Waals surface area contributed by atoms with Crippen LogP contribution in [0.1, 0.15) is 42.5 Å². The summed E-state index contributed by atoms with van der Waals surface area (Å²) in [4.78, 5) is 40.6. The van der Waals surface area contributed by atoms with Gasteiger partial charge in [0.25, 0.3) is 5.91 Å². The fraction of sp³-hybridized carbons (Fsp3) is 0.550. The molecule has 144 valence electrons. The van der Waals surface area contributed by atoms with Crippen LogP contribution in [0.25, 0.3) is 0 Å². The van der Waals surface area contributed by atoms with Crippen LogP contribution in [-0.2, 0) is 9.59 Å². The third-order valence-corrected chi connectivity index (χ3v) is 6.27. The number of carbonyl (C=O) groups excluding carboxylic acids is 2. The number of nitrogens with zero attached hydrogens (tertiary/aromatic N) is 2. The van der Waals surface area contributed by atoms with Gasteiger partial charge in [-0.1, -0.05) is 12.1 Å². The molecular formula is C20H25N3O4. The minimum absolute atomic E-state index is 0.0106. The van der Waals surface area contributed by atoms with E-state index in [2.05, 4.69) is 10.2 Å². The van der Waals surface area contributed by atoms with Gasteiger partial charge in [0.2, 0.25) is 5.91 Å². The number of hydrogen-bond donors (Lipinski definition) is 2. The van der Waals surface area contributed by atoms with E-state index in [9.17, 15) is 19.5 Å². The zero-order chi connectivity index (χ0) is 19.0. The molecule has 3 saturated heterocycles. The van der Waals surface area contributed by atoms with Gasteiger partial charge in [0, 0.05) is 38.3 Å². The van der Waals surface area contributed by atoms with E-state index in [-0.39, 0.29) is 18.2 Å². The van der Waals surface area contributed by atoms with E-state index in [1.54, 1.807) is 4.90 Å². The average molecular weight is 371 g/mol. The monoisotopic (exact) mass is 371 g/mol. The highest BCUT2D eigenvalue weighted by molar-refractivity contribution is 6.00. The average Bonchev–Trinajstić information content (AvgIpc) is 3.30. The molecule has 1 atom stereocenters. The van der Waals surface area contributed by atoms with Gasteiger partial charge in [-0.05, 0) is 37.8 Å². The van der Waals surface area contributed by atoms with Crippen LogP contribution in [0, 0.1) is 5.92 Å². The quantitative estimate of drug-likeness (QED) is 0.840. The number of likely N-dealkylation sites (tertiary alicyclic amines) is 1. The van der Waals surface area contributed by atoms with Crippen molar-refractivity contribution in [3.63, 3.8) is 0 Å². The van der Waals surface area contributed by atoms with Gasteiger partial charge in [-0.15, -0.1) is 0 Å². The van der Waals surface area contributed by atoms with E-state index in [1.807, 2.05) is 24.3 Å². The van der Waals surface area contributed by atoms with Crippen LogP contribution in [0.5, 0.6) is 0 Å². The largest absolute Gasteiger partial charge is 0.481 e. The van der Waals surface area contributed by atoms with E-state index in [4.69, 9.17) is 0 Å². The summed E-state index contributed by atoms with van der Waals surface area (Å²) >= 11 is 0. The Balaban J connectivity index is 1.50. The number of carboxylic acid groups (broad SMARTS) is 1. The molecule has 0 radical (unpaired) electrons. The molecule has 0 bridgehead atoms. The molecule has 3 aliphatic heterocycles. The van der Waals surface area contributed by atoms with Gasteiger partial charge < -0.3 is 20.2 Å². The zero-order valence-electron chi connectivity index (χ0n) is 15.3. The molecule has 3 aliphatic rings. The predicted octanol–water partition coefficient (Wildman–Crippen LogP) is 1.48. The number of benzene rings is 1. The molecule has 3 heterocycles. The second kappa shape index (κ2) is 6.87. The number of carboxylic acids is 1. The number of carbonyl (C=O) groups is 3. The lowest BCUT2D eigenvalue weighted by molar-refractivity contribution is -0.144. The molecule has 4 rings (SSSR count). The van der Waals surface area contributed by atoms with Crippen molar-refractivity contribution in [1.82, 2.24) is 10.2 Å². The first-order valence-electron chi connectivity index (χ1n) is 9.67. The Labute approximate surface area is 158 Å². The summed E-state index contributed by atoms with van der Waals surface area (Å²) in [7, 11) is 0. The first-order chi connectivity index (χ1) is 13.0. The van der Waals surface area contributed by atoms with Gasteiger partial charge in [-0.25, -0.2) is 0 Å². The molecule has 7 heteroatoms. The normalized spacial score (nSPS) is 24.3. The van der Waals surface area contributed by atoms with Crippen molar-refractivity contribution in [3.05, 3.63) is 29.8 Å². The van der Waals surface area contributed by atoms with Gasteiger partial charge >= 0.3 is 5.97 Å². The maximum atomic E-state index is 13.2. The fourth-order valence-corrected chi connectivity index (χ4v) is 4.76. The molecule has 1 aromatic carbocycles. The minimum atomic E-state index is -0.937. The molecule has 0 aliphatic carbocycles. The topological polar surface area (TPSA) is 90.0 Å².